The smallest absolute Gasteiger partial charge is 0.124 e. The van der Waals surface area contributed by atoms with Gasteiger partial charge in [0.05, 0.1) is 12.7 Å². The van der Waals surface area contributed by atoms with E-state index in [1.165, 1.54) is 6.07 Å². The van der Waals surface area contributed by atoms with Gasteiger partial charge in [-0.25, -0.2) is 4.39 Å². The maximum atomic E-state index is 13.7. The molecule has 0 amide bonds. The van der Waals surface area contributed by atoms with Gasteiger partial charge >= 0.3 is 0 Å². The van der Waals surface area contributed by atoms with Crippen molar-refractivity contribution in [3.63, 3.8) is 0 Å². The molecule has 0 N–H and O–H groups in total. The topological polar surface area (TPSA) is 18.5 Å². The highest BCUT2D eigenvalue weighted by atomic mass is 79.9. The van der Waals surface area contributed by atoms with Gasteiger partial charge < -0.3 is 9.47 Å². The van der Waals surface area contributed by atoms with E-state index in [1.807, 2.05) is 6.92 Å². The molecule has 1 aromatic rings. The lowest BCUT2D eigenvalue weighted by molar-refractivity contribution is -0.0397. The van der Waals surface area contributed by atoms with Crippen LogP contribution in [-0.4, -0.2) is 19.8 Å². The van der Waals surface area contributed by atoms with E-state index in [4.69, 9.17) is 9.47 Å². The Bertz CT molecular complexity index is 469. The fourth-order valence-corrected chi connectivity index (χ4v) is 3.81. The fourth-order valence-electron chi connectivity index (χ4n) is 3.06. The molecular weight excluding hydrogens is 299 g/mol. The second-order valence-corrected chi connectivity index (χ2v) is 6.05. The summed E-state index contributed by atoms with van der Waals surface area (Å²) in [5.74, 6) is -0.180. The Morgan fingerprint density at radius 1 is 1.33 bits per heavy atom. The molecule has 0 radical (unpaired) electrons. The van der Waals surface area contributed by atoms with E-state index in [0.29, 0.717) is 6.61 Å². The summed E-state index contributed by atoms with van der Waals surface area (Å²) < 4.78 is 25.9. The normalized spacial score (nSPS) is 26.1. The molecule has 1 atom stereocenters. The molecule has 0 aromatic heterocycles. The minimum atomic E-state index is -0.180. The van der Waals surface area contributed by atoms with Gasteiger partial charge in [0, 0.05) is 23.1 Å². The van der Waals surface area contributed by atoms with E-state index >= 15 is 0 Å². The Kier molecular flexibility index (Phi) is 3.20. The largest absolute Gasteiger partial charge is 0.381 e. The lowest BCUT2D eigenvalue weighted by atomic mass is 9.71. The van der Waals surface area contributed by atoms with E-state index in [-0.39, 0.29) is 17.3 Å². The first kappa shape index (κ1) is 12.6. The van der Waals surface area contributed by atoms with Crippen molar-refractivity contribution in [2.75, 3.05) is 19.8 Å². The van der Waals surface area contributed by atoms with Crippen LogP contribution in [0.5, 0.6) is 0 Å². The first-order chi connectivity index (χ1) is 8.62. The molecule has 98 valence electrons. The number of hydrogen-bond donors (Lipinski definition) is 0. The van der Waals surface area contributed by atoms with Crippen molar-refractivity contribution in [1.29, 1.82) is 0 Å². The Hall–Kier alpha value is -0.450. The van der Waals surface area contributed by atoms with Gasteiger partial charge in [0.15, 0.2) is 0 Å². The van der Waals surface area contributed by atoms with Crippen molar-refractivity contribution >= 4 is 15.9 Å². The zero-order valence-corrected chi connectivity index (χ0v) is 11.9. The molecule has 2 nitrogen and oxygen atoms in total. The first-order valence-corrected chi connectivity index (χ1v) is 7.10. The maximum Gasteiger partial charge on any atom is 0.124 e. The SMILES string of the molecule is CC1OCC2(CCOCC2)c2cc(F)cc(Br)c21. The summed E-state index contributed by atoms with van der Waals surface area (Å²) in [6.45, 7) is 4.14. The van der Waals surface area contributed by atoms with Crippen LogP contribution in [0.15, 0.2) is 16.6 Å². The standard InChI is InChI=1S/C14H16BrFO2/c1-9-13-11(6-10(16)7-12(13)15)14(8-18-9)2-4-17-5-3-14/h6-7,9H,2-5,8H2,1H3. The number of fused-ring (bicyclic) bond motifs is 2. The fraction of sp³-hybridized carbons (Fsp3) is 0.571. The van der Waals surface area contributed by atoms with Gasteiger partial charge in [-0.2, -0.15) is 0 Å². The first-order valence-electron chi connectivity index (χ1n) is 6.31. The number of rotatable bonds is 0. The van der Waals surface area contributed by atoms with Crippen LogP contribution in [0.1, 0.15) is 37.0 Å². The number of hydrogen-bond acceptors (Lipinski definition) is 2. The Labute approximate surface area is 115 Å². The molecule has 0 saturated carbocycles. The van der Waals surface area contributed by atoms with Crippen molar-refractivity contribution in [2.45, 2.75) is 31.3 Å². The van der Waals surface area contributed by atoms with Gasteiger partial charge in [0.2, 0.25) is 0 Å². The average Bonchev–Trinajstić information content (AvgIpc) is 2.35. The number of halogens is 2. The molecule has 0 aliphatic carbocycles. The maximum absolute atomic E-state index is 13.7. The molecule has 4 heteroatoms. The summed E-state index contributed by atoms with van der Waals surface area (Å²) >= 11 is 3.47. The second kappa shape index (κ2) is 4.58. The summed E-state index contributed by atoms with van der Waals surface area (Å²) in [4.78, 5) is 0. The predicted molar refractivity (Wildman–Crippen MR) is 70.2 cm³/mol. The highest BCUT2D eigenvalue weighted by molar-refractivity contribution is 9.10. The van der Waals surface area contributed by atoms with Crippen LogP contribution in [0.2, 0.25) is 0 Å². The minimum Gasteiger partial charge on any atom is -0.381 e. The van der Waals surface area contributed by atoms with E-state index < -0.39 is 0 Å². The summed E-state index contributed by atoms with van der Waals surface area (Å²) in [5.41, 5.74) is 2.14. The highest BCUT2D eigenvalue weighted by Crippen LogP contribution is 2.46. The Morgan fingerprint density at radius 2 is 2.06 bits per heavy atom. The van der Waals surface area contributed by atoms with Gasteiger partial charge in [-0.15, -0.1) is 0 Å². The van der Waals surface area contributed by atoms with Gasteiger partial charge in [0.25, 0.3) is 0 Å². The van der Waals surface area contributed by atoms with Crippen molar-refractivity contribution in [1.82, 2.24) is 0 Å². The molecule has 2 heterocycles. The zero-order chi connectivity index (χ0) is 12.8. The van der Waals surface area contributed by atoms with E-state index in [2.05, 4.69) is 15.9 Å². The predicted octanol–water partition coefficient (Wildman–Crippen LogP) is 3.73. The summed E-state index contributed by atoms with van der Waals surface area (Å²) in [7, 11) is 0. The molecule has 2 aliphatic heterocycles. The van der Waals surface area contributed by atoms with Crippen molar-refractivity contribution in [3.05, 3.63) is 33.5 Å². The third-order valence-corrected chi connectivity index (χ3v) is 4.79. The van der Waals surface area contributed by atoms with E-state index in [1.54, 1.807) is 6.07 Å². The van der Waals surface area contributed by atoms with Gasteiger partial charge in [-0.1, -0.05) is 15.9 Å². The molecule has 1 fully saturated rings. The quantitative estimate of drug-likeness (QED) is 0.726. The van der Waals surface area contributed by atoms with E-state index in [9.17, 15) is 4.39 Å². The molecule has 1 spiro atoms. The second-order valence-electron chi connectivity index (χ2n) is 5.19. The van der Waals surface area contributed by atoms with Crippen LogP contribution in [0.3, 0.4) is 0 Å². The van der Waals surface area contributed by atoms with Crippen LogP contribution in [0.25, 0.3) is 0 Å². The molecular formula is C14H16BrFO2. The lowest BCUT2D eigenvalue weighted by Gasteiger charge is -2.44. The number of ether oxygens (including phenoxy) is 2. The summed E-state index contributed by atoms with van der Waals surface area (Å²) in [6.07, 6.45) is 1.83. The molecule has 1 unspecified atom stereocenters. The monoisotopic (exact) mass is 314 g/mol. The molecule has 1 saturated heterocycles. The molecule has 1 aromatic carbocycles. The Morgan fingerprint density at radius 3 is 2.78 bits per heavy atom. The molecule has 0 bridgehead atoms. The van der Waals surface area contributed by atoms with Crippen molar-refractivity contribution < 1.29 is 13.9 Å². The summed E-state index contributed by atoms with van der Waals surface area (Å²) in [5, 5.41) is 0. The van der Waals surface area contributed by atoms with Crippen molar-refractivity contribution in [3.8, 4) is 0 Å². The average molecular weight is 315 g/mol. The lowest BCUT2D eigenvalue weighted by Crippen LogP contribution is -2.42. The zero-order valence-electron chi connectivity index (χ0n) is 10.3. The minimum absolute atomic E-state index is 0.0171. The molecule has 18 heavy (non-hydrogen) atoms. The van der Waals surface area contributed by atoms with Crippen LogP contribution in [0.4, 0.5) is 4.39 Å². The van der Waals surface area contributed by atoms with Gasteiger partial charge in [0.1, 0.15) is 5.82 Å². The highest BCUT2D eigenvalue weighted by Gasteiger charge is 2.42. The van der Waals surface area contributed by atoms with Crippen molar-refractivity contribution in [2.24, 2.45) is 0 Å². The van der Waals surface area contributed by atoms with Gasteiger partial charge in [-0.3, -0.25) is 0 Å². The molecule has 3 rings (SSSR count). The van der Waals surface area contributed by atoms with Crippen LogP contribution in [-0.2, 0) is 14.9 Å². The number of benzene rings is 1. The van der Waals surface area contributed by atoms with Crippen LogP contribution < -0.4 is 0 Å². The molecule has 2 aliphatic rings. The van der Waals surface area contributed by atoms with Gasteiger partial charge in [-0.05, 0) is 43.0 Å². The van der Waals surface area contributed by atoms with Crippen LogP contribution in [0, 0.1) is 5.82 Å². The third-order valence-electron chi connectivity index (χ3n) is 4.13. The van der Waals surface area contributed by atoms with Crippen LogP contribution >= 0.6 is 15.9 Å². The van der Waals surface area contributed by atoms with E-state index in [0.717, 1.165) is 41.7 Å². The third kappa shape index (κ3) is 1.91. The Balaban J connectivity index is 2.15. The summed E-state index contributed by atoms with van der Waals surface area (Å²) in [6, 6.07) is 3.21.